The zero-order chi connectivity index (χ0) is 15.4. The van der Waals surface area contributed by atoms with Gasteiger partial charge in [-0.1, -0.05) is 28.9 Å². The van der Waals surface area contributed by atoms with Gasteiger partial charge in [0.2, 0.25) is 0 Å². The number of carbonyl (C=O) groups is 1. The highest BCUT2D eigenvalue weighted by Gasteiger charge is 2.29. The van der Waals surface area contributed by atoms with Crippen LogP contribution in [0, 0.1) is 5.92 Å². The summed E-state index contributed by atoms with van der Waals surface area (Å²) in [7, 11) is 3.15. The quantitative estimate of drug-likeness (QED) is 0.777. The van der Waals surface area contributed by atoms with Crippen molar-refractivity contribution in [1.29, 1.82) is 0 Å². The van der Waals surface area contributed by atoms with E-state index in [0.29, 0.717) is 27.8 Å². The van der Waals surface area contributed by atoms with Crippen LogP contribution in [0.25, 0.3) is 0 Å². The van der Waals surface area contributed by atoms with E-state index in [0.717, 1.165) is 25.9 Å². The third-order valence-corrected chi connectivity index (χ3v) is 4.87. The first-order valence-electron chi connectivity index (χ1n) is 7.22. The molecule has 0 N–H and O–H groups in total. The fourth-order valence-corrected chi connectivity index (χ4v) is 3.31. The minimum absolute atomic E-state index is 0.00928. The fraction of sp³-hybridized carbons (Fsp3) is 0.562. The third kappa shape index (κ3) is 3.51. The normalized spacial score (nSPS) is 17.4. The molecule has 1 amide bonds. The Labute approximate surface area is 134 Å². The summed E-state index contributed by atoms with van der Waals surface area (Å²) in [6, 6.07) is 5.42. The van der Waals surface area contributed by atoms with Gasteiger partial charge in [-0.3, -0.25) is 4.79 Å². The van der Waals surface area contributed by atoms with E-state index in [-0.39, 0.29) is 5.91 Å². The van der Waals surface area contributed by atoms with Gasteiger partial charge in [-0.25, -0.2) is 0 Å². The molecule has 21 heavy (non-hydrogen) atoms. The Morgan fingerprint density at radius 2 is 1.76 bits per heavy atom. The Bertz CT molecular complexity index is 474. The fourth-order valence-electron chi connectivity index (χ4n) is 2.78. The number of benzene rings is 1. The number of carbonyl (C=O) groups excluding carboxylic acids is 1. The van der Waals surface area contributed by atoms with Crippen LogP contribution in [0.15, 0.2) is 18.2 Å². The van der Waals surface area contributed by atoms with E-state index in [1.165, 1.54) is 0 Å². The molecule has 0 aliphatic carbocycles. The van der Waals surface area contributed by atoms with Crippen molar-refractivity contribution in [2.24, 2.45) is 5.92 Å². The Kier molecular flexibility index (Phi) is 5.51. The molecule has 0 spiro atoms. The van der Waals surface area contributed by atoms with Crippen molar-refractivity contribution in [3.63, 3.8) is 0 Å². The average molecular weight is 356 g/mol. The van der Waals surface area contributed by atoms with E-state index in [2.05, 4.69) is 22.9 Å². The van der Waals surface area contributed by atoms with E-state index >= 15 is 0 Å². The summed E-state index contributed by atoms with van der Waals surface area (Å²) < 4.78 is 10.6. The van der Waals surface area contributed by atoms with Crippen LogP contribution >= 0.6 is 15.9 Å². The number of likely N-dealkylation sites (tertiary alicyclic amines) is 1. The van der Waals surface area contributed by atoms with Crippen LogP contribution in [0.4, 0.5) is 0 Å². The lowest BCUT2D eigenvalue weighted by atomic mass is 9.94. The molecule has 0 radical (unpaired) electrons. The molecule has 1 aromatic carbocycles. The molecular weight excluding hydrogens is 334 g/mol. The summed E-state index contributed by atoms with van der Waals surface area (Å²) in [6.07, 6.45) is 2.05. The number of ether oxygens (including phenoxy) is 2. The van der Waals surface area contributed by atoms with E-state index in [1.807, 2.05) is 11.0 Å². The maximum absolute atomic E-state index is 12.8. The Morgan fingerprint density at radius 3 is 2.19 bits per heavy atom. The summed E-state index contributed by atoms with van der Waals surface area (Å²) in [6.45, 7) is 3.73. The minimum Gasteiger partial charge on any atom is -0.496 e. The molecule has 116 valence electrons. The van der Waals surface area contributed by atoms with Crippen molar-refractivity contribution >= 4 is 21.8 Å². The lowest BCUT2D eigenvalue weighted by molar-refractivity contribution is 0.0684. The zero-order valence-electron chi connectivity index (χ0n) is 12.8. The largest absolute Gasteiger partial charge is 0.496 e. The number of hydrogen-bond acceptors (Lipinski definition) is 3. The predicted molar refractivity (Wildman–Crippen MR) is 86.6 cm³/mol. The van der Waals surface area contributed by atoms with Crippen molar-refractivity contribution in [2.75, 3.05) is 27.3 Å². The smallest absolute Gasteiger partial charge is 0.261 e. The summed E-state index contributed by atoms with van der Waals surface area (Å²) in [5.74, 6) is 1.75. The number of methoxy groups -OCH3 is 2. The molecule has 0 saturated carbocycles. The summed E-state index contributed by atoms with van der Waals surface area (Å²) >= 11 is 3.64. The lowest BCUT2D eigenvalue weighted by Gasteiger charge is -2.33. The van der Waals surface area contributed by atoms with Gasteiger partial charge in [-0.2, -0.15) is 0 Å². The molecule has 5 heteroatoms. The van der Waals surface area contributed by atoms with Gasteiger partial charge >= 0.3 is 0 Å². The number of rotatable bonds is 4. The van der Waals surface area contributed by atoms with Crippen molar-refractivity contribution < 1.29 is 14.3 Å². The lowest BCUT2D eigenvalue weighted by Crippen LogP contribution is -2.40. The summed E-state index contributed by atoms with van der Waals surface area (Å²) in [4.78, 5) is 15.2. The van der Waals surface area contributed by atoms with E-state index in [9.17, 15) is 4.79 Å². The van der Waals surface area contributed by atoms with Crippen LogP contribution in [0.3, 0.4) is 0 Å². The van der Waals surface area contributed by atoms with E-state index < -0.39 is 0 Å². The molecule has 1 unspecified atom stereocenters. The second-order valence-electron chi connectivity index (χ2n) is 5.34. The molecular formula is C16H22BrNO3. The van der Waals surface area contributed by atoms with Crippen molar-refractivity contribution in [1.82, 2.24) is 4.90 Å². The topological polar surface area (TPSA) is 38.8 Å². The zero-order valence-corrected chi connectivity index (χ0v) is 14.4. The highest BCUT2D eigenvalue weighted by Crippen LogP contribution is 2.32. The molecule has 1 fully saturated rings. The molecule has 1 aliphatic heterocycles. The third-order valence-electron chi connectivity index (χ3n) is 4.12. The van der Waals surface area contributed by atoms with Gasteiger partial charge in [0, 0.05) is 17.9 Å². The van der Waals surface area contributed by atoms with Crippen molar-refractivity contribution in [3.8, 4) is 11.5 Å². The van der Waals surface area contributed by atoms with Gasteiger partial charge in [-0.05, 0) is 30.9 Å². The Balaban J connectivity index is 2.18. The Morgan fingerprint density at radius 1 is 1.24 bits per heavy atom. The second-order valence-corrected chi connectivity index (χ2v) is 6.79. The van der Waals surface area contributed by atoms with Crippen molar-refractivity contribution in [3.05, 3.63) is 23.8 Å². The molecule has 0 aromatic heterocycles. The molecule has 1 aromatic rings. The predicted octanol–water partition coefficient (Wildman–Crippen LogP) is 3.34. The summed E-state index contributed by atoms with van der Waals surface area (Å²) in [5, 5.41) is 0. The number of nitrogens with zero attached hydrogens (tertiary/aromatic N) is 1. The monoisotopic (exact) mass is 355 g/mol. The van der Waals surface area contributed by atoms with Gasteiger partial charge in [0.1, 0.15) is 17.1 Å². The maximum Gasteiger partial charge on any atom is 0.261 e. The first-order chi connectivity index (χ1) is 10.1. The van der Waals surface area contributed by atoms with Gasteiger partial charge in [0.05, 0.1) is 14.2 Å². The highest BCUT2D eigenvalue weighted by atomic mass is 79.9. The Hall–Kier alpha value is -1.23. The molecule has 0 bridgehead atoms. The first-order valence-corrected chi connectivity index (χ1v) is 8.14. The number of halogens is 1. The van der Waals surface area contributed by atoms with Gasteiger partial charge < -0.3 is 14.4 Å². The molecule has 1 aliphatic rings. The molecule has 1 saturated heterocycles. The van der Waals surface area contributed by atoms with Gasteiger partial charge in [0.15, 0.2) is 0 Å². The maximum atomic E-state index is 12.8. The van der Waals surface area contributed by atoms with Gasteiger partial charge in [-0.15, -0.1) is 0 Å². The van der Waals surface area contributed by atoms with E-state index in [4.69, 9.17) is 9.47 Å². The number of piperidine rings is 1. The number of alkyl halides is 1. The van der Waals surface area contributed by atoms with Crippen LogP contribution < -0.4 is 9.47 Å². The number of hydrogen-bond donors (Lipinski definition) is 0. The van der Waals surface area contributed by atoms with Crippen LogP contribution in [0.5, 0.6) is 11.5 Å². The molecule has 1 heterocycles. The average Bonchev–Trinajstić information content (AvgIpc) is 2.53. The van der Waals surface area contributed by atoms with Crippen LogP contribution in [-0.2, 0) is 0 Å². The van der Waals surface area contributed by atoms with Crippen LogP contribution in [0.2, 0.25) is 0 Å². The molecule has 2 rings (SSSR count). The van der Waals surface area contributed by atoms with Crippen LogP contribution in [0.1, 0.15) is 30.1 Å². The standard InChI is InChI=1S/C16H22BrNO3/c1-11(17)12-7-9-18(10-8-12)16(19)15-13(20-2)5-4-6-14(15)21-3/h4-6,11-12H,7-10H2,1-3H3. The SMILES string of the molecule is COc1cccc(OC)c1C(=O)N1CCC(C(C)Br)CC1. The minimum atomic E-state index is -0.00928. The molecule has 1 atom stereocenters. The highest BCUT2D eigenvalue weighted by molar-refractivity contribution is 9.09. The molecule has 4 nitrogen and oxygen atoms in total. The van der Waals surface area contributed by atoms with Gasteiger partial charge in [0.25, 0.3) is 5.91 Å². The van der Waals surface area contributed by atoms with Crippen LogP contribution in [-0.4, -0.2) is 42.9 Å². The number of amides is 1. The second kappa shape index (κ2) is 7.16. The van der Waals surface area contributed by atoms with E-state index in [1.54, 1.807) is 26.4 Å². The van der Waals surface area contributed by atoms with Crippen molar-refractivity contribution in [2.45, 2.75) is 24.6 Å². The summed E-state index contributed by atoms with van der Waals surface area (Å²) in [5.41, 5.74) is 0.521. The first kappa shape index (κ1) is 16.1.